The van der Waals surface area contributed by atoms with Gasteiger partial charge in [-0.1, -0.05) is 0 Å². The number of nitrogens with one attached hydrogen (secondary N) is 1. The highest BCUT2D eigenvalue weighted by Gasteiger charge is 2.14. The van der Waals surface area contributed by atoms with Gasteiger partial charge in [-0.3, -0.25) is 9.78 Å². The molecule has 1 aliphatic rings. The van der Waals surface area contributed by atoms with Crippen LogP contribution in [0.2, 0.25) is 0 Å². The molecule has 0 radical (unpaired) electrons. The average Bonchev–Trinajstić information content (AvgIpc) is 3.02. The smallest absolute Gasteiger partial charge is 0.244 e. The summed E-state index contributed by atoms with van der Waals surface area (Å²) in [5.41, 5.74) is 0.551. The van der Waals surface area contributed by atoms with Crippen molar-refractivity contribution in [3.63, 3.8) is 0 Å². The number of aromatic nitrogens is 1. The standard InChI is InChI=1S/C16H21FN2O3/c17-14-9-13(10-18-11-14)4-5-16(20)19-6-2-7-21-12-15-3-1-8-22-15/h4-5,9-11,15H,1-3,6-8,12H2,(H,19,20)/b5-4+/t15-/m0/s1. The third-order valence-electron chi connectivity index (χ3n) is 3.25. The lowest BCUT2D eigenvalue weighted by Crippen LogP contribution is -2.23. The molecule has 0 bridgehead atoms. The van der Waals surface area contributed by atoms with E-state index < -0.39 is 5.82 Å². The molecule has 1 aromatic rings. The van der Waals surface area contributed by atoms with E-state index in [1.165, 1.54) is 24.4 Å². The van der Waals surface area contributed by atoms with Crippen molar-refractivity contribution < 1.29 is 18.7 Å². The Morgan fingerprint density at radius 3 is 3.23 bits per heavy atom. The maximum Gasteiger partial charge on any atom is 0.244 e. The molecule has 120 valence electrons. The Kier molecular flexibility index (Phi) is 6.99. The zero-order valence-electron chi connectivity index (χ0n) is 12.5. The SMILES string of the molecule is O=C(/C=C/c1cncc(F)c1)NCCCOC[C@@H]1CCCO1. The lowest BCUT2D eigenvalue weighted by Gasteiger charge is -2.09. The van der Waals surface area contributed by atoms with Gasteiger partial charge in [-0.2, -0.15) is 0 Å². The molecule has 0 aromatic carbocycles. The first kappa shape index (κ1) is 16.6. The first-order valence-electron chi connectivity index (χ1n) is 7.50. The minimum atomic E-state index is -0.425. The van der Waals surface area contributed by atoms with Crippen LogP contribution < -0.4 is 5.32 Å². The molecule has 0 saturated carbocycles. The van der Waals surface area contributed by atoms with Crippen LogP contribution in [0.25, 0.3) is 6.08 Å². The number of pyridine rings is 1. The van der Waals surface area contributed by atoms with Gasteiger partial charge in [0, 0.05) is 32.0 Å². The zero-order chi connectivity index (χ0) is 15.6. The molecule has 1 aromatic heterocycles. The van der Waals surface area contributed by atoms with E-state index in [-0.39, 0.29) is 12.0 Å². The number of hydrogen-bond acceptors (Lipinski definition) is 4. The quantitative estimate of drug-likeness (QED) is 0.589. The molecule has 1 N–H and O–H groups in total. The Labute approximate surface area is 129 Å². The second-order valence-corrected chi connectivity index (χ2v) is 5.12. The Balaban J connectivity index is 1.53. The lowest BCUT2D eigenvalue weighted by atomic mass is 10.2. The predicted molar refractivity (Wildman–Crippen MR) is 80.6 cm³/mol. The summed E-state index contributed by atoms with van der Waals surface area (Å²) in [4.78, 5) is 15.3. The van der Waals surface area contributed by atoms with Gasteiger partial charge in [0.05, 0.1) is 18.9 Å². The van der Waals surface area contributed by atoms with Gasteiger partial charge in [0.2, 0.25) is 5.91 Å². The van der Waals surface area contributed by atoms with Crippen LogP contribution in [0.5, 0.6) is 0 Å². The Morgan fingerprint density at radius 1 is 1.55 bits per heavy atom. The largest absolute Gasteiger partial charge is 0.379 e. The summed E-state index contributed by atoms with van der Waals surface area (Å²) < 4.78 is 23.8. The topological polar surface area (TPSA) is 60.5 Å². The molecule has 1 amide bonds. The minimum absolute atomic E-state index is 0.219. The number of nitrogens with zero attached hydrogens (tertiary/aromatic N) is 1. The highest BCUT2D eigenvalue weighted by atomic mass is 19.1. The normalized spacial score (nSPS) is 18.0. The fourth-order valence-corrected chi connectivity index (χ4v) is 2.13. The van der Waals surface area contributed by atoms with Gasteiger partial charge in [0.25, 0.3) is 0 Å². The highest BCUT2D eigenvalue weighted by molar-refractivity contribution is 5.91. The van der Waals surface area contributed by atoms with E-state index in [4.69, 9.17) is 9.47 Å². The second-order valence-electron chi connectivity index (χ2n) is 5.12. The maximum atomic E-state index is 12.9. The van der Waals surface area contributed by atoms with Crippen LogP contribution in [-0.4, -0.2) is 43.4 Å². The third-order valence-corrected chi connectivity index (χ3v) is 3.25. The van der Waals surface area contributed by atoms with Crippen molar-refractivity contribution in [1.29, 1.82) is 0 Å². The first-order chi connectivity index (χ1) is 10.7. The molecule has 0 unspecified atom stereocenters. The molecule has 6 heteroatoms. The maximum absolute atomic E-state index is 12.9. The number of ether oxygens (including phenoxy) is 2. The molecule has 22 heavy (non-hydrogen) atoms. The van der Waals surface area contributed by atoms with Crippen molar-refractivity contribution in [2.24, 2.45) is 0 Å². The highest BCUT2D eigenvalue weighted by Crippen LogP contribution is 2.11. The molecular formula is C16H21FN2O3. The number of hydrogen-bond donors (Lipinski definition) is 1. The molecule has 0 aliphatic carbocycles. The zero-order valence-corrected chi connectivity index (χ0v) is 12.5. The predicted octanol–water partition coefficient (Wildman–Crippen LogP) is 1.94. The summed E-state index contributed by atoms with van der Waals surface area (Å²) in [7, 11) is 0. The van der Waals surface area contributed by atoms with Crippen LogP contribution in [0, 0.1) is 5.82 Å². The Bertz CT molecular complexity index is 502. The van der Waals surface area contributed by atoms with E-state index in [1.54, 1.807) is 0 Å². The van der Waals surface area contributed by atoms with Crippen LogP contribution in [0.3, 0.4) is 0 Å². The van der Waals surface area contributed by atoms with E-state index in [0.717, 1.165) is 32.1 Å². The van der Waals surface area contributed by atoms with Crippen LogP contribution >= 0.6 is 0 Å². The third kappa shape index (κ3) is 6.32. The van der Waals surface area contributed by atoms with Crippen molar-refractivity contribution >= 4 is 12.0 Å². The number of carbonyl (C=O) groups is 1. The molecule has 1 aliphatic heterocycles. The molecule has 2 rings (SSSR count). The first-order valence-corrected chi connectivity index (χ1v) is 7.50. The Hall–Kier alpha value is -1.79. The van der Waals surface area contributed by atoms with E-state index in [2.05, 4.69) is 10.3 Å². The average molecular weight is 308 g/mol. The lowest BCUT2D eigenvalue weighted by molar-refractivity contribution is -0.116. The summed E-state index contributed by atoms with van der Waals surface area (Å²) in [6.45, 7) is 2.59. The summed E-state index contributed by atoms with van der Waals surface area (Å²) in [6.07, 6.45) is 8.65. The summed E-state index contributed by atoms with van der Waals surface area (Å²) in [5, 5.41) is 2.74. The van der Waals surface area contributed by atoms with E-state index in [1.807, 2.05) is 0 Å². The Morgan fingerprint density at radius 2 is 2.45 bits per heavy atom. The second kappa shape index (κ2) is 9.27. The molecule has 1 fully saturated rings. The summed E-state index contributed by atoms with van der Waals surface area (Å²) in [5.74, 6) is -0.644. The molecule has 5 nitrogen and oxygen atoms in total. The van der Waals surface area contributed by atoms with Crippen LogP contribution in [0.4, 0.5) is 4.39 Å². The molecule has 2 heterocycles. The van der Waals surface area contributed by atoms with Crippen molar-refractivity contribution in [1.82, 2.24) is 10.3 Å². The van der Waals surface area contributed by atoms with Crippen molar-refractivity contribution in [3.8, 4) is 0 Å². The van der Waals surface area contributed by atoms with Gasteiger partial charge in [0.1, 0.15) is 5.82 Å². The van der Waals surface area contributed by atoms with Crippen LogP contribution in [-0.2, 0) is 14.3 Å². The molecule has 1 saturated heterocycles. The van der Waals surface area contributed by atoms with Gasteiger partial charge in [-0.15, -0.1) is 0 Å². The van der Waals surface area contributed by atoms with Gasteiger partial charge in [-0.25, -0.2) is 4.39 Å². The molecule has 0 spiro atoms. The number of amides is 1. The number of carbonyl (C=O) groups excluding carboxylic acids is 1. The molecular weight excluding hydrogens is 287 g/mol. The number of halogens is 1. The summed E-state index contributed by atoms with van der Waals surface area (Å²) in [6, 6.07) is 1.32. The van der Waals surface area contributed by atoms with Crippen molar-refractivity contribution in [3.05, 3.63) is 35.9 Å². The fraction of sp³-hybridized carbons (Fsp3) is 0.500. The van der Waals surface area contributed by atoms with E-state index in [0.29, 0.717) is 25.3 Å². The van der Waals surface area contributed by atoms with Gasteiger partial charge in [-0.05, 0) is 37.0 Å². The number of rotatable bonds is 8. The van der Waals surface area contributed by atoms with Crippen LogP contribution in [0.15, 0.2) is 24.5 Å². The van der Waals surface area contributed by atoms with Crippen LogP contribution in [0.1, 0.15) is 24.8 Å². The van der Waals surface area contributed by atoms with Gasteiger partial charge < -0.3 is 14.8 Å². The van der Waals surface area contributed by atoms with Gasteiger partial charge >= 0.3 is 0 Å². The van der Waals surface area contributed by atoms with Crippen molar-refractivity contribution in [2.45, 2.75) is 25.4 Å². The molecule has 1 atom stereocenters. The van der Waals surface area contributed by atoms with Gasteiger partial charge in [0.15, 0.2) is 0 Å². The van der Waals surface area contributed by atoms with Crippen molar-refractivity contribution in [2.75, 3.05) is 26.4 Å². The van der Waals surface area contributed by atoms with E-state index in [9.17, 15) is 9.18 Å². The van der Waals surface area contributed by atoms with E-state index >= 15 is 0 Å². The fourth-order valence-electron chi connectivity index (χ4n) is 2.13. The monoisotopic (exact) mass is 308 g/mol. The minimum Gasteiger partial charge on any atom is -0.379 e. The summed E-state index contributed by atoms with van der Waals surface area (Å²) >= 11 is 0.